The highest BCUT2D eigenvalue weighted by Crippen LogP contribution is 2.14. The Morgan fingerprint density at radius 2 is 1.58 bits per heavy atom. The molecule has 2 aromatic carbocycles. The van der Waals surface area contributed by atoms with Crippen molar-refractivity contribution in [3.05, 3.63) is 70.2 Å². The van der Waals surface area contributed by atoms with E-state index in [1.54, 1.807) is 54.6 Å². The number of carbonyl (C=O) groups excluding carboxylic acids is 3. The van der Waals surface area contributed by atoms with Gasteiger partial charge in [-0.25, -0.2) is 0 Å². The van der Waals surface area contributed by atoms with Crippen LogP contribution in [-0.4, -0.2) is 17.6 Å². The van der Waals surface area contributed by atoms with Gasteiger partial charge in [0.2, 0.25) is 11.8 Å². The Morgan fingerprint density at radius 3 is 2.17 bits per heavy atom. The average molecular weight is 389 g/mol. The van der Waals surface area contributed by atoms with E-state index in [0.29, 0.717) is 11.1 Å². The molecule has 24 heavy (non-hydrogen) atoms. The SMILES string of the molecule is NC(=O)C(NC(=O)CCC(=O)c1ccc(Br)cc1)c1ccccc1. The summed E-state index contributed by atoms with van der Waals surface area (Å²) in [6.07, 6.45) is 0.0548. The summed E-state index contributed by atoms with van der Waals surface area (Å²) in [4.78, 5) is 35.7. The lowest BCUT2D eigenvalue weighted by Gasteiger charge is -2.15. The molecule has 124 valence electrons. The molecule has 0 saturated heterocycles. The maximum absolute atomic E-state index is 12.1. The normalized spacial score (nSPS) is 11.5. The van der Waals surface area contributed by atoms with Crippen molar-refractivity contribution in [2.45, 2.75) is 18.9 Å². The molecule has 0 aliphatic heterocycles. The van der Waals surface area contributed by atoms with Crippen molar-refractivity contribution in [3.63, 3.8) is 0 Å². The van der Waals surface area contributed by atoms with E-state index in [2.05, 4.69) is 21.2 Å². The molecule has 0 bridgehead atoms. The highest BCUT2D eigenvalue weighted by molar-refractivity contribution is 9.10. The van der Waals surface area contributed by atoms with Crippen molar-refractivity contribution >= 4 is 33.5 Å². The third kappa shape index (κ3) is 5.03. The van der Waals surface area contributed by atoms with Gasteiger partial charge in [0.1, 0.15) is 6.04 Å². The van der Waals surface area contributed by atoms with E-state index in [1.165, 1.54) is 0 Å². The molecule has 0 heterocycles. The van der Waals surface area contributed by atoms with E-state index in [0.717, 1.165) is 4.47 Å². The molecule has 3 N–H and O–H groups in total. The van der Waals surface area contributed by atoms with Gasteiger partial charge < -0.3 is 11.1 Å². The fourth-order valence-electron chi connectivity index (χ4n) is 2.20. The third-order valence-corrected chi connectivity index (χ3v) is 4.00. The maximum atomic E-state index is 12.1. The Kier molecular flexibility index (Phi) is 6.26. The number of rotatable bonds is 7. The van der Waals surface area contributed by atoms with Crippen LogP contribution >= 0.6 is 15.9 Å². The van der Waals surface area contributed by atoms with Crippen LogP contribution in [0.25, 0.3) is 0 Å². The molecule has 0 saturated carbocycles. The largest absolute Gasteiger partial charge is 0.368 e. The Labute approximate surface area is 148 Å². The van der Waals surface area contributed by atoms with Gasteiger partial charge in [-0.15, -0.1) is 0 Å². The minimum absolute atomic E-state index is 0.00842. The molecular weight excluding hydrogens is 372 g/mol. The van der Waals surface area contributed by atoms with Crippen molar-refractivity contribution in [3.8, 4) is 0 Å². The molecular formula is C18H17BrN2O3. The van der Waals surface area contributed by atoms with Crippen molar-refractivity contribution in [2.24, 2.45) is 5.73 Å². The number of hydrogen-bond acceptors (Lipinski definition) is 3. The fourth-order valence-corrected chi connectivity index (χ4v) is 2.47. The van der Waals surface area contributed by atoms with Crippen molar-refractivity contribution in [2.75, 3.05) is 0 Å². The van der Waals surface area contributed by atoms with Gasteiger partial charge >= 0.3 is 0 Å². The van der Waals surface area contributed by atoms with Gasteiger partial charge in [0.05, 0.1) is 0 Å². The molecule has 0 fully saturated rings. The van der Waals surface area contributed by atoms with Crippen molar-refractivity contribution in [1.82, 2.24) is 5.32 Å². The molecule has 0 aromatic heterocycles. The molecule has 0 radical (unpaired) electrons. The zero-order valence-corrected chi connectivity index (χ0v) is 14.5. The van der Waals surface area contributed by atoms with Crippen molar-refractivity contribution in [1.29, 1.82) is 0 Å². The van der Waals surface area contributed by atoms with Gasteiger partial charge in [-0.1, -0.05) is 58.4 Å². The summed E-state index contributed by atoms with van der Waals surface area (Å²) in [5, 5.41) is 2.58. The second kappa shape index (κ2) is 8.40. The monoisotopic (exact) mass is 388 g/mol. The smallest absolute Gasteiger partial charge is 0.244 e. The summed E-state index contributed by atoms with van der Waals surface area (Å²) in [7, 11) is 0. The van der Waals surface area contributed by atoms with Crippen LogP contribution < -0.4 is 11.1 Å². The lowest BCUT2D eigenvalue weighted by atomic mass is 10.0. The Balaban J connectivity index is 1.93. The van der Waals surface area contributed by atoms with Crippen LogP contribution in [0.5, 0.6) is 0 Å². The summed E-state index contributed by atoms with van der Waals surface area (Å²) in [5.41, 5.74) is 6.50. The van der Waals surface area contributed by atoms with E-state index in [9.17, 15) is 14.4 Å². The number of benzene rings is 2. The molecule has 6 heteroatoms. The first-order valence-electron chi connectivity index (χ1n) is 7.40. The minimum atomic E-state index is -0.901. The molecule has 2 amide bonds. The number of carbonyl (C=O) groups is 3. The first kappa shape index (κ1) is 17.9. The number of primary amides is 1. The molecule has 2 aromatic rings. The molecule has 0 spiro atoms. The van der Waals surface area contributed by atoms with Gasteiger partial charge in [-0.2, -0.15) is 0 Å². The Bertz CT molecular complexity index is 730. The third-order valence-electron chi connectivity index (χ3n) is 3.47. The zero-order chi connectivity index (χ0) is 17.5. The van der Waals surface area contributed by atoms with Crippen molar-refractivity contribution < 1.29 is 14.4 Å². The van der Waals surface area contributed by atoms with Gasteiger partial charge in [-0.3, -0.25) is 14.4 Å². The van der Waals surface area contributed by atoms with Gasteiger partial charge in [-0.05, 0) is 17.7 Å². The summed E-state index contributed by atoms with van der Waals surface area (Å²) < 4.78 is 0.879. The van der Waals surface area contributed by atoms with E-state index < -0.39 is 17.9 Å². The number of Topliss-reactive ketones (excluding diaryl/α,β-unsaturated/α-hetero) is 1. The number of nitrogens with one attached hydrogen (secondary N) is 1. The van der Waals surface area contributed by atoms with Crippen LogP contribution in [0.1, 0.15) is 34.8 Å². The van der Waals surface area contributed by atoms with E-state index in [1.807, 2.05) is 0 Å². The molecule has 1 unspecified atom stereocenters. The first-order valence-corrected chi connectivity index (χ1v) is 8.19. The predicted molar refractivity (Wildman–Crippen MR) is 94.2 cm³/mol. The summed E-state index contributed by atoms with van der Waals surface area (Å²) in [6.45, 7) is 0. The summed E-state index contributed by atoms with van der Waals surface area (Å²) >= 11 is 3.30. The first-order chi connectivity index (χ1) is 11.5. The second-order valence-corrected chi connectivity index (χ2v) is 6.16. The molecule has 1 atom stereocenters. The summed E-state index contributed by atoms with van der Waals surface area (Å²) in [6, 6.07) is 14.8. The van der Waals surface area contributed by atoms with Gasteiger partial charge in [0, 0.05) is 22.9 Å². The van der Waals surface area contributed by atoms with E-state index >= 15 is 0 Å². The highest BCUT2D eigenvalue weighted by Gasteiger charge is 2.20. The van der Waals surface area contributed by atoms with Crippen LogP contribution in [0.2, 0.25) is 0 Å². The van der Waals surface area contributed by atoms with Crippen LogP contribution in [0, 0.1) is 0 Å². The number of nitrogens with two attached hydrogens (primary N) is 1. The van der Waals surface area contributed by atoms with Crippen LogP contribution in [0.4, 0.5) is 0 Å². The molecule has 5 nitrogen and oxygen atoms in total. The fraction of sp³-hybridized carbons (Fsp3) is 0.167. The van der Waals surface area contributed by atoms with Crippen LogP contribution in [0.3, 0.4) is 0 Å². The predicted octanol–water partition coefficient (Wildman–Crippen LogP) is 2.75. The lowest BCUT2D eigenvalue weighted by Crippen LogP contribution is -2.37. The molecule has 0 aliphatic rings. The van der Waals surface area contributed by atoms with E-state index in [-0.39, 0.29) is 18.6 Å². The zero-order valence-electron chi connectivity index (χ0n) is 12.9. The lowest BCUT2D eigenvalue weighted by molar-refractivity contribution is -0.127. The number of amides is 2. The van der Waals surface area contributed by atoms with Gasteiger partial charge in [0.15, 0.2) is 5.78 Å². The maximum Gasteiger partial charge on any atom is 0.244 e. The average Bonchev–Trinajstić information content (AvgIpc) is 2.58. The Morgan fingerprint density at radius 1 is 0.958 bits per heavy atom. The van der Waals surface area contributed by atoms with Gasteiger partial charge in [0.25, 0.3) is 0 Å². The number of ketones is 1. The van der Waals surface area contributed by atoms with E-state index in [4.69, 9.17) is 5.73 Å². The second-order valence-electron chi connectivity index (χ2n) is 5.24. The number of hydrogen-bond donors (Lipinski definition) is 2. The van der Waals surface area contributed by atoms with Crippen LogP contribution in [-0.2, 0) is 9.59 Å². The topological polar surface area (TPSA) is 89.3 Å². The molecule has 0 aliphatic carbocycles. The number of halogens is 1. The standard InChI is InChI=1S/C18H17BrN2O3/c19-14-8-6-12(7-9-14)15(22)10-11-16(23)21-17(18(20)24)13-4-2-1-3-5-13/h1-9,17H,10-11H2,(H2,20,24)(H,21,23). The summed E-state index contributed by atoms with van der Waals surface area (Å²) in [5.74, 6) is -1.17. The van der Waals surface area contributed by atoms with Crippen LogP contribution in [0.15, 0.2) is 59.1 Å². The highest BCUT2D eigenvalue weighted by atomic mass is 79.9. The minimum Gasteiger partial charge on any atom is -0.368 e. The molecule has 2 rings (SSSR count). The Hall–Kier alpha value is -2.47. The quantitative estimate of drug-likeness (QED) is 0.714.